The van der Waals surface area contributed by atoms with Gasteiger partial charge in [-0.25, -0.2) is 0 Å². The minimum absolute atomic E-state index is 0.150. The lowest BCUT2D eigenvalue weighted by Gasteiger charge is -2.40. The third kappa shape index (κ3) is 5.81. The molecule has 0 N–H and O–H groups in total. The Morgan fingerprint density at radius 3 is 1.49 bits per heavy atom. The van der Waals surface area contributed by atoms with Crippen LogP contribution in [0.4, 0.5) is 17.1 Å². The Bertz CT molecular complexity index is 3420. The molecule has 326 valence electrons. The van der Waals surface area contributed by atoms with Gasteiger partial charge in [0.2, 0.25) is 0 Å². The zero-order valence-electron chi connectivity index (χ0n) is 39.2. The second-order valence-electron chi connectivity index (χ2n) is 20.4. The van der Waals surface area contributed by atoms with Crippen LogP contribution in [0.1, 0.15) is 78.6 Å². The van der Waals surface area contributed by atoms with E-state index in [1.165, 1.54) is 94.6 Å². The molecule has 1 heteroatoms. The van der Waals surface area contributed by atoms with E-state index in [2.05, 4.69) is 263 Å². The second-order valence-corrected chi connectivity index (χ2v) is 20.4. The lowest BCUT2D eigenvalue weighted by atomic mass is 9.61. The Hall–Kier alpha value is -7.74. The summed E-state index contributed by atoms with van der Waals surface area (Å²) in [5, 5.41) is 0. The van der Waals surface area contributed by atoms with Crippen molar-refractivity contribution >= 4 is 22.6 Å². The summed E-state index contributed by atoms with van der Waals surface area (Å²) in [6, 6.07) is 80.3. The highest BCUT2D eigenvalue weighted by molar-refractivity contribution is 5.93. The van der Waals surface area contributed by atoms with Gasteiger partial charge in [-0.05, 0) is 126 Å². The fourth-order valence-electron chi connectivity index (χ4n) is 12.9. The van der Waals surface area contributed by atoms with Crippen LogP contribution >= 0.6 is 0 Å². The van der Waals surface area contributed by atoms with Gasteiger partial charge in [-0.1, -0.05) is 228 Å². The fourth-order valence-corrected chi connectivity index (χ4v) is 12.9. The highest BCUT2D eigenvalue weighted by Gasteiger charge is 2.53. The standard InChI is InChI=1S/C67H53N/c1-65(2)58-27-15-11-24-52(58)55-38-33-47(41-61(55)65)67(48-34-39-56-53-25-12-16-28-59(53)66(3,4)62(56)42-48)60-29-17-13-26-54(60)57-40-37-50(43-63(57)67)68(49-35-31-45(32-36-49)44-19-7-5-8-20-44)64-30-18-14-23-51(64)46-21-9-6-10-22-46/h5-28,30-43,60H,29H2,1-4H3. The molecule has 0 aliphatic heterocycles. The van der Waals surface area contributed by atoms with Crippen molar-refractivity contribution < 1.29 is 0 Å². The van der Waals surface area contributed by atoms with E-state index in [1.54, 1.807) is 0 Å². The molecular weight excluding hydrogens is 819 g/mol. The summed E-state index contributed by atoms with van der Waals surface area (Å²) < 4.78 is 0. The molecule has 9 aromatic carbocycles. The van der Waals surface area contributed by atoms with E-state index in [9.17, 15) is 0 Å². The molecule has 0 saturated carbocycles. The topological polar surface area (TPSA) is 3.24 Å². The molecule has 0 amide bonds. The number of rotatable bonds is 7. The number of hydrogen-bond acceptors (Lipinski definition) is 1. The number of anilines is 3. The molecule has 1 unspecified atom stereocenters. The van der Waals surface area contributed by atoms with E-state index >= 15 is 0 Å². The lowest BCUT2D eigenvalue weighted by molar-refractivity contribution is 0.481. The van der Waals surface area contributed by atoms with Gasteiger partial charge in [0.05, 0.1) is 11.1 Å². The third-order valence-electron chi connectivity index (χ3n) is 16.2. The summed E-state index contributed by atoms with van der Waals surface area (Å²) >= 11 is 0. The van der Waals surface area contributed by atoms with Crippen molar-refractivity contribution in [2.24, 2.45) is 5.92 Å². The van der Waals surface area contributed by atoms with Crippen molar-refractivity contribution in [3.63, 3.8) is 0 Å². The average Bonchev–Trinajstić information content (AvgIpc) is 3.91. The van der Waals surface area contributed by atoms with Gasteiger partial charge >= 0.3 is 0 Å². The van der Waals surface area contributed by atoms with Crippen molar-refractivity contribution in [1.82, 2.24) is 0 Å². The first-order chi connectivity index (χ1) is 33.2. The van der Waals surface area contributed by atoms with Gasteiger partial charge in [-0.2, -0.15) is 0 Å². The summed E-state index contributed by atoms with van der Waals surface area (Å²) in [4.78, 5) is 2.50. The molecule has 0 saturated heterocycles. The summed E-state index contributed by atoms with van der Waals surface area (Å²) in [5.74, 6) is 0.183. The monoisotopic (exact) mass is 871 g/mol. The van der Waals surface area contributed by atoms with Crippen molar-refractivity contribution in [1.29, 1.82) is 0 Å². The summed E-state index contributed by atoms with van der Waals surface area (Å²) in [6.07, 6.45) is 8.06. The van der Waals surface area contributed by atoms with Gasteiger partial charge in [0, 0.05) is 33.7 Å². The van der Waals surface area contributed by atoms with Crippen LogP contribution in [0.5, 0.6) is 0 Å². The number of hydrogen-bond donors (Lipinski definition) is 0. The van der Waals surface area contributed by atoms with Crippen molar-refractivity contribution in [2.45, 2.75) is 50.4 Å². The zero-order chi connectivity index (χ0) is 45.8. The molecule has 1 nitrogen and oxygen atoms in total. The highest BCUT2D eigenvalue weighted by atomic mass is 15.1. The van der Waals surface area contributed by atoms with Crippen molar-refractivity contribution in [3.05, 3.63) is 275 Å². The van der Waals surface area contributed by atoms with Crippen LogP contribution in [0.25, 0.3) is 50.1 Å². The first-order valence-corrected chi connectivity index (χ1v) is 24.4. The Labute approximate surface area is 401 Å². The van der Waals surface area contributed by atoms with E-state index in [0.29, 0.717) is 0 Å². The van der Waals surface area contributed by atoms with E-state index in [4.69, 9.17) is 0 Å². The van der Waals surface area contributed by atoms with Gasteiger partial charge in [0.25, 0.3) is 0 Å². The van der Waals surface area contributed by atoms with Crippen molar-refractivity contribution in [2.75, 3.05) is 4.90 Å². The predicted octanol–water partition coefficient (Wildman–Crippen LogP) is 17.4. The van der Waals surface area contributed by atoms with Crippen LogP contribution in [-0.4, -0.2) is 0 Å². The molecule has 68 heavy (non-hydrogen) atoms. The third-order valence-corrected chi connectivity index (χ3v) is 16.2. The quantitative estimate of drug-likeness (QED) is 0.154. The Morgan fingerprint density at radius 1 is 0.382 bits per heavy atom. The first-order valence-electron chi connectivity index (χ1n) is 24.4. The summed E-state index contributed by atoms with van der Waals surface area (Å²) in [6.45, 7) is 9.68. The molecule has 0 bridgehead atoms. The largest absolute Gasteiger partial charge is 0.310 e. The van der Waals surface area contributed by atoms with E-state index < -0.39 is 5.41 Å². The van der Waals surface area contributed by atoms with Crippen LogP contribution in [0.15, 0.2) is 231 Å². The molecule has 4 aliphatic carbocycles. The zero-order valence-corrected chi connectivity index (χ0v) is 39.2. The Morgan fingerprint density at radius 2 is 0.868 bits per heavy atom. The maximum Gasteiger partial charge on any atom is 0.0540 e. The van der Waals surface area contributed by atoms with E-state index in [-0.39, 0.29) is 16.7 Å². The number of nitrogens with zero attached hydrogens (tertiary/aromatic N) is 1. The number of allylic oxidation sites excluding steroid dienone is 4. The van der Waals surface area contributed by atoms with Gasteiger partial charge in [-0.3, -0.25) is 0 Å². The van der Waals surface area contributed by atoms with Gasteiger partial charge in [-0.15, -0.1) is 0 Å². The van der Waals surface area contributed by atoms with E-state index in [1.807, 2.05) is 0 Å². The molecule has 13 rings (SSSR count). The van der Waals surface area contributed by atoms with Gasteiger partial charge < -0.3 is 4.90 Å². The van der Waals surface area contributed by atoms with Crippen molar-refractivity contribution in [3.8, 4) is 44.5 Å². The van der Waals surface area contributed by atoms with Crippen LogP contribution < -0.4 is 4.90 Å². The maximum absolute atomic E-state index is 2.62. The van der Waals surface area contributed by atoms with Crippen LogP contribution in [0.3, 0.4) is 0 Å². The molecule has 0 radical (unpaired) electrons. The van der Waals surface area contributed by atoms with Gasteiger partial charge in [0.1, 0.15) is 0 Å². The Balaban J connectivity index is 1.09. The minimum atomic E-state index is -0.510. The fraction of sp³-hybridized carbons (Fsp3) is 0.134. The predicted molar refractivity (Wildman–Crippen MR) is 285 cm³/mol. The molecule has 0 spiro atoms. The van der Waals surface area contributed by atoms with E-state index in [0.717, 1.165) is 23.5 Å². The molecule has 0 aromatic heterocycles. The molecule has 1 atom stereocenters. The van der Waals surface area contributed by atoms with Gasteiger partial charge in [0.15, 0.2) is 0 Å². The van der Waals surface area contributed by atoms with Crippen LogP contribution in [0, 0.1) is 5.92 Å². The smallest absolute Gasteiger partial charge is 0.0540 e. The van der Waals surface area contributed by atoms with Crippen LogP contribution in [-0.2, 0) is 16.2 Å². The summed E-state index contributed by atoms with van der Waals surface area (Å²) in [5.41, 5.74) is 25.2. The maximum atomic E-state index is 2.62. The lowest BCUT2D eigenvalue weighted by Crippen LogP contribution is -2.35. The molecule has 9 aromatic rings. The molecule has 0 heterocycles. The normalized spacial score (nSPS) is 17.0. The molecule has 0 fully saturated rings. The number of fused-ring (bicyclic) bond motifs is 9. The molecule has 4 aliphatic rings. The second kappa shape index (κ2) is 15.1. The highest BCUT2D eigenvalue weighted by Crippen LogP contribution is 2.63. The minimum Gasteiger partial charge on any atom is -0.310 e. The molecular formula is C67H53N. The van der Waals surface area contributed by atoms with Crippen LogP contribution in [0.2, 0.25) is 0 Å². The summed E-state index contributed by atoms with van der Waals surface area (Å²) in [7, 11) is 0. The SMILES string of the molecule is CC1(C)c2ccccc2-c2ccc(C3(c4ccc5c(c4)C(C)(C)c4ccccc4-5)c4cc(N(c5ccc(-c6ccccc6)cc5)c5ccccc5-c5ccccc5)ccc4C4=CC=CCC43)cc21. The number of para-hydroxylation sites is 1. The average molecular weight is 872 g/mol. The Kier molecular flexibility index (Phi) is 9.02. The number of benzene rings is 9. The first kappa shape index (κ1) is 40.5.